The number of fused-ring (bicyclic) bond motifs is 1. The molecule has 1 aromatic heterocycles. The zero-order chi connectivity index (χ0) is 20.1. The SMILES string of the molecule is C=N/C(=C\C(=C(/C)F)c1cnn2c1CCCCC2)NC(=O)[C@H]1CCC[C@@H](N)C1. The molecule has 1 amide bonds. The highest BCUT2D eigenvalue weighted by molar-refractivity contribution is 5.83. The molecule has 3 N–H and O–H groups in total. The predicted octanol–water partition coefficient (Wildman–Crippen LogP) is 3.49. The van der Waals surface area contributed by atoms with Crippen molar-refractivity contribution < 1.29 is 9.18 Å². The van der Waals surface area contributed by atoms with Gasteiger partial charge < -0.3 is 11.1 Å². The Hall–Kier alpha value is -2.28. The summed E-state index contributed by atoms with van der Waals surface area (Å²) in [5.74, 6) is -0.349. The van der Waals surface area contributed by atoms with Crippen LogP contribution in [0.3, 0.4) is 0 Å². The van der Waals surface area contributed by atoms with Gasteiger partial charge in [0.2, 0.25) is 5.91 Å². The lowest BCUT2D eigenvalue weighted by Gasteiger charge is -2.25. The molecule has 1 aliphatic heterocycles. The summed E-state index contributed by atoms with van der Waals surface area (Å²) >= 11 is 0. The highest BCUT2D eigenvalue weighted by Gasteiger charge is 2.26. The molecule has 2 heterocycles. The van der Waals surface area contributed by atoms with Gasteiger partial charge in [-0.3, -0.25) is 9.48 Å². The zero-order valence-corrected chi connectivity index (χ0v) is 16.6. The molecule has 7 heteroatoms. The van der Waals surface area contributed by atoms with E-state index >= 15 is 0 Å². The van der Waals surface area contributed by atoms with Crippen molar-refractivity contribution in [2.24, 2.45) is 16.6 Å². The van der Waals surface area contributed by atoms with Crippen LogP contribution < -0.4 is 11.1 Å². The third kappa shape index (κ3) is 4.76. The minimum Gasteiger partial charge on any atom is -0.328 e. The first-order chi connectivity index (χ1) is 13.5. The van der Waals surface area contributed by atoms with Crippen LogP contribution in [0.25, 0.3) is 5.57 Å². The summed E-state index contributed by atoms with van der Waals surface area (Å²) in [6, 6.07) is 0.0556. The molecule has 6 nitrogen and oxygen atoms in total. The molecule has 1 fully saturated rings. The van der Waals surface area contributed by atoms with Gasteiger partial charge in [-0.2, -0.15) is 5.10 Å². The van der Waals surface area contributed by atoms with Gasteiger partial charge >= 0.3 is 0 Å². The van der Waals surface area contributed by atoms with E-state index in [2.05, 4.69) is 22.1 Å². The van der Waals surface area contributed by atoms with E-state index in [1.165, 1.54) is 6.92 Å². The maximum absolute atomic E-state index is 14.4. The Kier molecular flexibility index (Phi) is 6.78. The number of aliphatic imine (C=N–C) groups is 1. The summed E-state index contributed by atoms with van der Waals surface area (Å²) in [6.07, 6.45) is 10.8. The number of aromatic nitrogens is 2. The fraction of sp³-hybridized carbons (Fsp3) is 0.571. The van der Waals surface area contributed by atoms with Gasteiger partial charge in [-0.05, 0) is 58.2 Å². The van der Waals surface area contributed by atoms with Crippen LogP contribution in [-0.4, -0.2) is 28.4 Å². The monoisotopic (exact) mass is 387 g/mol. The lowest BCUT2D eigenvalue weighted by molar-refractivity contribution is -0.125. The van der Waals surface area contributed by atoms with Crippen LogP contribution in [-0.2, 0) is 17.8 Å². The molecule has 2 aliphatic rings. The fourth-order valence-electron chi connectivity index (χ4n) is 4.14. The summed E-state index contributed by atoms with van der Waals surface area (Å²) < 4.78 is 16.4. The van der Waals surface area contributed by atoms with E-state index in [1.807, 2.05) is 4.68 Å². The van der Waals surface area contributed by atoms with E-state index in [9.17, 15) is 9.18 Å². The molecule has 0 spiro atoms. The number of nitrogens with two attached hydrogens (primary N) is 1. The van der Waals surface area contributed by atoms with Gasteiger partial charge in [0.25, 0.3) is 0 Å². The standard InChI is InChI=1S/C21H30FN5O/c1-14(22)17(18-13-25-27-10-5-3-4-9-19(18)27)12-20(24-2)26-21(28)15-7-6-8-16(23)11-15/h12-13,15-16H,2-11,23H2,1H3,(H,26,28)/b17-14-,20-12+/t15-,16+/m0/s1. The Morgan fingerprint density at radius 3 is 2.93 bits per heavy atom. The summed E-state index contributed by atoms with van der Waals surface area (Å²) in [5, 5.41) is 7.24. The molecule has 28 heavy (non-hydrogen) atoms. The largest absolute Gasteiger partial charge is 0.328 e. The summed E-state index contributed by atoms with van der Waals surface area (Å²) in [6.45, 7) is 5.81. The molecule has 3 rings (SSSR count). The van der Waals surface area contributed by atoms with Gasteiger partial charge in [0.05, 0.1) is 6.20 Å². The van der Waals surface area contributed by atoms with Crippen molar-refractivity contribution >= 4 is 18.2 Å². The van der Waals surface area contributed by atoms with Gasteiger partial charge in [0.1, 0.15) is 11.6 Å². The second kappa shape index (κ2) is 9.28. The van der Waals surface area contributed by atoms with E-state index < -0.39 is 0 Å². The smallest absolute Gasteiger partial charge is 0.228 e. The van der Waals surface area contributed by atoms with Gasteiger partial charge in [0, 0.05) is 35.3 Å². The highest BCUT2D eigenvalue weighted by atomic mass is 19.1. The molecule has 0 radical (unpaired) electrons. The van der Waals surface area contributed by atoms with Gasteiger partial charge in [-0.25, -0.2) is 9.38 Å². The van der Waals surface area contributed by atoms with Crippen LogP contribution in [0.15, 0.2) is 28.9 Å². The minimum atomic E-state index is -0.338. The van der Waals surface area contributed by atoms with Gasteiger partial charge in [0.15, 0.2) is 0 Å². The molecular weight excluding hydrogens is 357 g/mol. The molecule has 0 bridgehead atoms. The van der Waals surface area contributed by atoms with Crippen molar-refractivity contribution in [3.05, 3.63) is 35.2 Å². The van der Waals surface area contributed by atoms with Crippen LogP contribution in [0.5, 0.6) is 0 Å². The lowest BCUT2D eigenvalue weighted by atomic mass is 9.85. The Labute approximate surface area is 165 Å². The van der Waals surface area contributed by atoms with E-state index in [4.69, 9.17) is 5.73 Å². The number of hydrogen-bond acceptors (Lipinski definition) is 4. The number of halogens is 1. The number of carbonyl (C=O) groups is 1. The van der Waals surface area contributed by atoms with Crippen molar-refractivity contribution in [3.63, 3.8) is 0 Å². The molecule has 152 valence electrons. The van der Waals surface area contributed by atoms with Crippen molar-refractivity contribution in [1.82, 2.24) is 15.1 Å². The Balaban J connectivity index is 1.83. The lowest BCUT2D eigenvalue weighted by Crippen LogP contribution is -2.37. The van der Waals surface area contributed by atoms with E-state index in [0.29, 0.717) is 12.0 Å². The van der Waals surface area contributed by atoms with Gasteiger partial charge in [-0.1, -0.05) is 12.8 Å². The van der Waals surface area contributed by atoms with Crippen molar-refractivity contribution in [2.45, 2.75) is 70.9 Å². The summed E-state index contributed by atoms with van der Waals surface area (Å²) in [7, 11) is 0. The third-order valence-electron chi connectivity index (χ3n) is 5.68. The topological polar surface area (TPSA) is 85.3 Å². The van der Waals surface area contributed by atoms with Crippen molar-refractivity contribution in [2.75, 3.05) is 0 Å². The molecule has 2 atom stereocenters. The van der Waals surface area contributed by atoms with Crippen LogP contribution in [0.2, 0.25) is 0 Å². The fourth-order valence-corrected chi connectivity index (χ4v) is 4.14. The summed E-state index contributed by atoms with van der Waals surface area (Å²) in [4.78, 5) is 16.5. The number of amides is 1. The number of rotatable bonds is 5. The first-order valence-corrected chi connectivity index (χ1v) is 10.2. The van der Waals surface area contributed by atoms with Gasteiger partial charge in [-0.15, -0.1) is 0 Å². The van der Waals surface area contributed by atoms with Crippen LogP contribution >= 0.6 is 0 Å². The third-order valence-corrected chi connectivity index (χ3v) is 5.68. The second-order valence-electron chi connectivity index (χ2n) is 7.79. The molecule has 0 saturated heterocycles. The predicted molar refractivity (Wildman–Crippen MR) is 109 cm³/mol. The molecule has 1 aliphatic carbocycles. The number of nitrogens with one attached hydrogen (secondary N) is 1. The molecular formula is C21H30FN5O. The number of nitrogens with zero attached hydrogens (tertiary/aromatic N) is 3. The van der Waals surface area contributed by atoms with Crippen LogP contribution in [0, 0.1) is 5.92 Å². The van der Waals surface area contributed by atoms with Crippen molar-refractivity contribution in [3.8, 4) is 0 Å². The first-order valence-electron chi connectivity index (χ1n) is 10.2. The maximum atomic E-state index is 14.4. The molecule has 1 saturated carbocycles. The maximum Gasteiger partial charge on any atom is 0.228 e. The quantitative estimate of drug-likeness (QED) is 0.599. The first kappa shape index (κ1) is 20.5. The number of aryl methyl sites for hydroxylation is 1. The number of hydrogen-bond donors (Lipinski definition) is 2. The second-order valence-corrected chi connectivity index (χ2v) is 7.79. The molecule has 1 aromatic rings. The van der Waals surface area contributed by atoms with Crippen LogP contribution in [0.1, 0.15) is 63.1 Å². The normalized spacial score (nSPS) is 24.0. The van der Waals surface area contributed by atoms with E-state index in [1.54, 1.807) is 12.3 Å². The Morgan fingerprint density at radius 2 is 2.21 bits per heavy atom. The summed E-state index contributed by atoms with van der Waals surface area (Å²) in [5.41, 5.74) is 8.18. The van der Waals surface area contributed by atoms with Crippen LogP contribution in [0.4, 0.5) is 4.39 Å². The minimum absolute atomic E-state index is 0.0556. The average Bonchev–Trinajstić information content (AvgIpc) is 2.92. The zero-order valence-electron chi connectivity index (χ0n) is 16.6. The average molecular weight is 388 g/mol. The Bertz CT molecular complexity index is 791. The highest BCUT2D eigenvalue weighted by Crippen LogP contribution is 2.29. The molecule has 0 aromatic carbocycles. The Morgan fingerprint density at radius 1 is 1.39 bits per heavy atom. The number of allylic oxidation sites excluding steroid dienone is 3. The number of carbonyl (C=O) groups excluding carboxylic acids is 1. The van der Waals surface area contributed by atoms with Crippen molar-refractivity contribution in [1.29, 1.82) is 0 Å². The van der Waals surface area contributed by atoms with E-state index in [0.717, 1.165) is 62.7 Å². The molecule has 0 unspecified atom stereocenters. The van der Waals surface area contributed by atoms with E-state index in [-0.39, 0.29) is 29.5 Å².